The van der Waals surface area contributed by atoms with Gasteiger partial charge in [-0.05, 0) is 30.6 Å². The molecular formula is C30H40O8. The van der Waals surface area contributed by atoms with Gasteiger partial charge < -0.3 is 10.2 Å². The molecule has 0 unspecified atom stereocenters. The lowest BCUT2D eigenvalue weighted by Gasteiger charge is -2.58. The lowest BCUT2D eigenvalue weighted by atomic mass is 9.42. The smallest absolute Gasteiger partial charge is 0.306 e. The minimum absolute atomic E-state index is 0.0120. The Hall–Kier alpha value is -2.48. The van der Waals surface area contributed by atoms with Gasteiger partial charge in [0.25, 0.3) is 0 Å². The summed E-state index contributed by atoms with van der Waals surface area (Å²) >= 11 is 0. The molecule has 2 N–H and O–H groups in total. The summed E-state index contributed by atoms with van der Waals surface area (Å²) in [5.41, 5.74) is -3.97. The first-order valence-corrected chi connectivity index (χ1v) is 13.7. The van der Waals surface area contributed by atoms with Crippen molar-refractivity contribution >= 4 is 34.9 Å². The second-order valence-electron chi connectivity index (χ2n) is 13.6. The highest BCUT2D eigenvalue weighted by Crippen LogP contribution is 2.69. The summed E-state index contributed by atoms with van der Waals surface area (Å²) in [6.07, 6.45) is -0.389. The van der Waals surface area contributed by atoms with Crippen LogP contribution in [0, 0.1) is 45.3 Å². The number of carboxylic acids is 1. The standard InChI is InChI=1S/C30H40O8/c1-14(10-16(31)11-15(2)26(37)38)17-12-21(34)30(7)22-18(32)13-19-27(3,4)20(33)8-9-28(19,5)23(22)24(35)25(36)29(17,30)6/h14-15,17,19,21,34H,8-13H2,1-7H3,(H,37,38)/t14-,15+,17-,19+,21-,28+,29+,30+/m1/s1. The molecule has 2 fully saturated rings. The van der Waals surface area contributed by atoms with Crippen LogP contribution in [0.15, 0.2) is 11.1 Å². The van der Waals surface area contributed by atoms with E-state index in [9.17, 15) is 33.9 Å². The zero-order valence-electron chi connectivity index (χ0n) is 23.5. The van der Waals surface area contributed by atoms with E-state index < -0.39 is 69.0 Å². The van der Waals surface area contributed by atoms with Gasteiger partial charge in [-0.3, -0.25) is 28.8 Å². The van der Waals surface area contributed by atoms with Crippen LogP contribution in [0.2, 0.25) is 0 Å². The molecule has 8 atom stereocenters. The second-order valence-corrected chi connectivity index (χ2v) is 13.6. The van der Waals surface area contributed by atoms with Crippen molar-refractivity contribution in [3.05, 3.63) is 11.1 Å². The number of hydrogen-bond acceptors (Lipinski definition) is 7. The molecule has 4 rings (SSSR count). The molecule has 2 saturated carbocycles. The number of carbonyl (C=O) groups excluding carboxylic acids is 5. The summed E-state index contributed by atoms with van der Waals surface area (Å²) in [6.45, 7) is 12.1. The van der Waals surface area contributed by atoms with E-state index in [1.54, 1.807) is 20.8 Å². The average Bonchev–Trinajstić information content (AvgIpc) is 3.03. The fourth-order valence-electron chi connectivity index (χ4n) is 8.71. The van der Waals surface area contributed by atoms with Crippen LogP contribution in [0.4, 0.5) is 0 Å². The number of Topliss-reactive ketones (excluding diaryl/α,β-unsaturated/α-hetero) is 5. The van der Waals surface area contributed by atoms with E-state index in [2.05, 4.69) is 0 Å². The Bertz CT molecular complexity index is 1190. The third-order valence-corrected chi connectivity index (χ3v) is 11.3. The molecule has 8 heteroatoms. The highest BCUT2D eigenvalue weighted by Gasteiger charge is 2.73. The fraction of sp³-hybridized carbons (Fsp3) is 0.733. The van der Waals surface area contributed by atoms with Gasteiger partial charge in [-0.1, -0.05) is 48.5 Å². The summed E-state index contributed by atoms with van der Waals surface area (Å²) in [4.78, 5) is 78.7. The number of aliphatic hydroxyl groups excluding tert-OH is 1. The maximum atomic E-state index is 14.1. The molecule has 0 aromatic heterocycles. The number of aliphatic hydroxyl groups is 1. The van der Waals surface area contributed by atoms with Gasteiger partial charge in [0.15, 0.2) is 5.78 Å². The molecule has 0 aliphatic heterocycles. The van der Waals surface area contributed by atoms with E-state index in [0.717, 1.165) is 0 Å². The van der Waals surface area contributed by atoms with Crippen molar-refractivity contribution in [3.8, 4) is 0 Å². The molecule has 0 aromatic carbocycles. The van der Waals surface area contributed by atoms with E-state index in [1.165, 1.54) is 6.92 Å². The molecule has 0 radical (unpaired) electrons. The number of fused-ring (bicyclic) bond motifs is 4. The van der Waals surface area contributed by atoms with E-state index >= 15 is 0 Å². The lowest BCUT2D eigenvalue weighted by molar-refractivity contribution is -0.156. The van der Waals surface area contributed by atoms with Gasteiger partial charge in [-0.2, -0.15) is 0 Å². The predicted molar refractivity (Wildman–Crippen MR) is 137 cm³/mol. The van der Waals surface area contributed by atoms with Crippen molar-refractivity contribution in [2.75, 3.05) is 0 Å². The molecule has 38 heavy (non-hydrogen) atoms. The number of rotatable bonds is 6. The van der Waals surface area contributed by atoms with Crippen molar-refractivity contribution in [1.29, 1.82) is 0 Å². The molecular weight excluding hydrogens is 488 g/mol. The van der Waals surface area contributed by atoms with Gasteiger partial charge in [-0.25, -0.2) is 0 Å². The summed E-state index contributed by atoms with van der Waals surface area (Å²) in [7, 11) is 0. The molecule has 8 nitrogen and oxygen atoms in total. The van der Waals surface area contributed by atoms with Crippen LogP contribution in [0.1, 0.15) is 87.0 Å². The summed E-state index contributed by atoms with van der Waals surface area (Å²) in [6, 6.07) is 0. The number of carbonyl (C=O) groups is 6. The van der Waals surface area contributed by atoms with Crippen LogP contribution < -0.4 is 0 Å². The number of hydrogen-bond donors (Lipinski definition) is 2. The van der Waals surface area contributed by atoms with Gasteiger partial charge in [-0.15, -0.1) is 0 Å². The summed E-state index contributed by atoms with van der Waals surface area (Å²) in [5, 5.41) is 20.7. The van der Waals surface area contributed by atoms with E-state index in [4.69, 9.17) is 5.11 Å². The Morgan fingerprint density at radius 3 is 2.13 bits per heavy atom. The Kier molecular flexibility index (Phi) is 6.58. The maximum absolute atomic E-state index is 14.1. The number of carboxylic acid groups (broad SMARTS) is 1. The molecule has 4 aliphatic rings. The highest BCUT2D eigenvalue weighted by molar-refractivity contribution is 6.48. The second kappa shape index (κ2) is 8.77. The van der Waals surface area contributed by atoms with Gasteiger partial charge in [0.2, 0.25) is 11.6 Å². The van der Waals surface area contributed by atoms with Gasteiger partial charge in [0, 0.05) is 58.5 Å². The van der Waals surface area contributed by atoms with E-state index in [1.807, 2.05) is 20.8 Å². The number of allylic oxidation sites excluding steroid dienone is 1. The van der Waals surface area contributed by atoms with Crippen molar-refractivity contribution in [2.45, 2.75) is 93.1 Å². The Morgan fingerprint density at radius 2 is 1.55 bits per heavy atom. The minimum atomic E-state index is -1.40. The zero-order valence-corrected chi connectivity index (χ0v) is 23.5. The predicted octanol–water partition coefficient (Wildman–Crippen LogP) is 3.52. The molecule has 0 saturated heterocycles. The molecule has 0 bridgehead atoms. The third-order valence-electron chi connectivity index (χ3n) is 11.3. The quantitative estimate of drug-likeness (QED) is 0.499. The van der Waals surface area contributed by atoms with Crippen LogP contribution >= 0.6 is 0 Å². The largest absolute Gasteiger partial charge is 0.481 e. The van der Waals surface area contributed by atoms with Crippen molar-refractivity contribution in [2.24, 2.45) is 45.3 Å². The van der Waals surface area contributed by atoms with Crippen molar-refractivity contribution < 1.29 is 39.0 Å². The average molecular weight is 529 g/mol. The van der Waals surface area contributed by atoms with Crippen LogP contribution in [0.3, 0.4) is 0 Å². The van der Waals surface area contributed by atoms with E-state index in [0.29, 0.717) is 6.42 Å². The monoisotopic (exact) mass is 528 g/mol. The highest BCUT2D eigenvalue weighted by atomic mass is 16.4. The molecule has 0 heterocycles. The van der Waals surface area contributed by atoms with E-state index in [-0.39, 0.29) is 60.6 Å². The maximum Gasteiger partial charge on any atom is 0.306 e. The Morgan fingerprint density at radius 1 is 0.947 bits per heavy atom. The molecule has 208 valence electrons. The topological polar surface area (TPSA) is 143 Å². The van der Waals surface area contributed by atoms with Crippen LogP contribution in [-0.4, -0.2) is 51.2 Å². The third kappa shape index (κ3) is 3.51. The first kappa shape index (κ1) is 28.5. The number of ketones is 5. The summed E-state index contributed by atoms with van der Waals surface area (Å²) in [5.74, 6) is -5.17. The van der Waals surface area contributed by atoms with Gasteiger partial charge in [0.05, 0.1) is 12.0 Å². The van der Waals surface area contributed by atoms with Crippen LogP contribution in [0.25, 0.3) is 0 Å². The molecule has 0 aromatic rings. The Labute approximate surface area is 223 Å². The van der Waals surface area contributed by atoms with Crippen molar-refractivity contribution in [3.63, 3.8) is 0 Å². The zero-order chi connectivity index (χ0) is 28.7. The molecule has 4 aliphatic carbocycles. The SMILES string of the molecule is C[C@H](CC(=O)C[C@H](C)C(=O)O)[C@H]1C[C@@H](O)[C@@]2(C)C3=C(C(=O)C(=O)[C@]12C)[C@@]1(C)CCC(=O)C(C)(C)[C@@H]1CC3=O. The Balaban J connectivity index is 1.81. The molecule has 0 spiro atoms. The first-order chi connectivity index (χ1) is 17.4. The van der Waals surface area contributed by atoms with Crippen molar-refractivity contribution in [1.82, 2.24) is 0 Å². The van der Waals surface area contributed by atoms with Gasteiger partial charge >= 0.3 is 5.97 Å². The normalized spacial score (nSPS) is 39.8. The fourth-order valence-corrected chi connectivity index (χ4v) is 8.71. The first-order valence-electron chi connectivity index (χ1n) is 13.7. The van der Waals surface area contributed by atoms with Gasteiger partial charge in [0.1, 0.15) is 11.6 Å². The summed E-state index contributed by atoms with van der Waals surface area (Å²) < 4.78 is 0. The lowest BCUT2D eigenvalue weighted by Crippen LogP contribution is -2.63. The minimum Gasteiger partial charge on any atom is -0.481 e. The van der Waals surface area contributed by atoms with Crippen LogP contribution in [0.5, 0.6) is 0 Å². The number of aliphatic carboxylic acids is 1. The van der Waals surface area contributed by atoms with Crippen LogP contribution in [-0.2, 0) is 28.8 Å². The molecule has 0 amide bonds.